The Morgan fingerprint density at radius 2 is 2.22 bits per heavy atom. The summed E-state index contributed by atoms with van der Waals surface area (Å²) in [4.78, 5) is 21.4. The first-order valence-electron chi connectivity index (χ1n) is 10.4. The first kappa shape index (κ1) is 18.8. The molecule has 10 nitrogen and oxygen atoms in total. The van der Waals surface area contributed by atoms with E-state index >= 15 is 0 Å². The molecule has 0 bridgehead atoms. The van der Waals surface area contributed by atoms with Crippen molar-refractivity contribution < 1.29 is 14.3 Å². The van der Waals surface area contributed by atoms with Crippen LogP contribution >= 0.6 is 0 Å². The van der Waals surface area contributed by atoms with Crippen molar-refractivity contribution in [3.8, 4) is 11.6 Å². The van der Waals surface area contributed by atoms with Gasteiger partial charge in [0.25, 0.3) is 5.91 Å². The number of ether oxygens (including phenoxy) is 2. The molecule has 6 rings (SSSR count). The molecule has 1 fully saturated rings. The standard InChI is InChI=1S/C22H21N7O3/c1-28-11-15(10-24-28)29-6-4-18-19(29)21(32-16-5-7-31-12-16)27-22(26-18)25-14-3-2-13-9-23-20(30)17(13)8-14/h2-4,6,8,10-11,16H,5,7,9,12H2,1H3,(H,23,30)(H,25,26,27)/t16-/m0/s1. The van der Waals surface area contributed by atoms with Crippen molar-refractivity contribution in [2.24, 2.45) is 7.05 Å². The summed E-state index contributed by atoms with van der Waals surface area (Å²) in [6.45, 7) is 1.76. The number of rotatable bonds is 5. The highest BCUT2D eigenvalue weighted by Gasteiger charge is 2.23. The van der Waals surface area contributed by atoms with Gasteiger partial charge in [-0.2, -0.15) is 10.1 Å². The Kier molecular flexibility index (Phi) is 4.32. The van der Waals surface area contributed by atoms with Gasteiger partial charge in [0.05, 0.1) is 30.6 Å². The van der Waals surface area contributed by atoms with Gasteiger partial charge in [0.15, 0.2) is 0 Å². The largest absolute Gasteiger partial charge is 0.470 e. The number of nitrogens with zero attached hydrogens (tertiary/aromatic N) is 5. The molecule has 5 heterocycles. The molecule has 32 heavy (non-hydrogen) atoms. The molecular formula is C22H21N7O3. The molecule has 0 spiro atoms. The summed E-state index contributed by atoms with van der Waals surface area (Å²) >= 11 is 0. The fourth-order valence-corrected chi connectivity index (χ4v) is 4.08. The molecule has 2 aliphatic rings. The van der Waals surface area contributed by atoms with E-state index in [4.69, 9.17) is 9.47 Å². The molecule has 1 atom stereocenters. The van der Waals surface area contributed by atoms with Crippen LogP contribution in [0.25, 0.3) is 16.7 Å². The van der Waals surface area contributed by atoms with Crippen molar-refractivity contribution in [2.75, 3.05) is 18.5 Å². The van der Waals surface area contributed by atoms with Gasteiger partial charge in [0.2, 0.25) is 11.8 Å². The topological polar surface area (TPSA) is 108 Å². The van der Waals surface area contributed by atoms with Crippen LogP contribution in [0.4, 0.5) is 11.6 Å². The summed E-state index contributed by atoms with van der Waals surface area (Å²) in [6, 6.07) is 7.58. The second-order valence-corrected chi connectivity index (χ2v) is 7.93. The zero-order valence-corrected chi connectivity index (χ0v) is 17.4. The van der Waals surface area contributed by atoms with Crippen LogP contribution in [-0.4, -0.2) is 49.5 Å². The van der Waals surface area contributed by atoms with Crippen LogP contribution in [0.3, 0.4) is 0 Å². The van der Waals surface area contributed by atoms with Crippen LogP contribution in [0.2, 0.25) is 0 Å². The predicted octanol–water partition coefficient (Wildman–Crippen LogP) is 2.31. The van der Waals surface area contributed by atoms with E-state index in [1.165, 1.54) is 0 Å². The van der Waals surface area contributed by atoms with Gasteiger partial charge in [-0.25, -0.2) is 4.98 Å². The number of hydrogen-bond donors (Lipinski definition) is 2. The molecule has 3 aromatic heterocycles. The van der Waals surface area contributed by atoms with Gasteiger partial charge in [0, 0.05) is 43.7 Å². The van der Waals surface area contributed by atoms with E-state index in [0.717, 1.165) is 34.4 Å². The van der Waals surface area contributed by atoms with Gasteiger partial charge < -0.3 is 24.7 Å². The maximum Gasteiger partial charge on any atom is 0.251 e. The Morgan fingerprint density at radius 1 is 1.28 bits per heavy atom. The van der Waals surface area contributed by atoms with Crippen molar-refractivity contribution >= 4 is 28.6 Å². The number of benzene rings is 1. The van der Waals surface area contributed by atoms with Gasteiger partial charge in [-0.05, 0) is 23.8 Å². The predicted molar refractivity (Wildman–Crippen MR) is 116 cm³/mol. The van der Waals surface area contributed by atoms with Crippen LogP contribution in [0.5, 0.6) is 5.88 Å². The van der Waals surface area contributed by atoms with E-state index in [1.54, 1.807) is 10.9 Å². The van der Waals surface area contributed by atoms with E-state index in [0.29, 0.717) is 37.2 Å². The maximum atomic E-state index is 12.0. The molecule has 0 aliphatic carbocycles. The molecule has 1 amide bonds. The number of aryl methyl sites for hydroxylation is 1. The molecule has 2 aliphatic heterocycles. The second-order valence-electron chi connectivity index (χ2n) is 7.93. The average molecular weight is 431 g/mol. The van der Waals surface area contributed by atoms with Crippen molar-refractivity contribution in [1.82, 2.24) is 29.6 Å². The monoisotopic (exact) mass is 431 g/mol. The number of amides is 1. The number of carbonyl (C=O) groups excluding carboxylic acids is 1. The highest BCUT2D eigenvalue weighted by Crippen LogP contribution is 2.31. The molecule has 1 aromatic carbocycles. The van der Waals surface area contributed by atoms with Gasteiger partial charge in [0.1, 0.15) is 11.6 Å². The van der Waals surface area contributed by atoms with Crippen LogP contribution in [0.15, 0.2) is 42.9 Å². The quantitative estimate of drug-likeness (QED) is 0.499. The SMILES string of the molecule is Cn1cc(-n2ccc3nc(Nc4ccc5c(c4)C(=O)NC5)nc(O[C@H]4CCOC4)c32)cn1. The number of aromatic nitrogens is 5. The number of hydrogen-bond acceptors (Lipinski definition) is 7. The minimum absolute atomic E-state index is 0.0677. The summed E-state index contributed by atoms with van der Waals surface area (Å²) in [5.74, 6) is 0.799. The molecule has 0 saturated carbocycles. The number of fused-ring (bicyclic) bond motifs is 2. The van der Waals surface area contributed by atoms with E-state index < -0.39 is 0 Å². The zero-order valence-electron chi connectivity index (χ0n) is 17.4. The third kappa shape index (κ3) is 3.25. The number of nitrogens with one attached hydrogen (secondary N) is 2. The Labute approximate surface area is 183 Å². The van der Waals surface area contributed by atoms with Crippen LogP contribution in [0.1, 0.15) is 22.3 Å². The Morgan fingerprint density at radius 3 is 3.03 bits per heavy atom. The molecule has 10 heteroatoms. The van der Waals surface area contributed by atoms with Gasteiger partial charge in [-0.3, -0.25) is 9.48 Å². The highest BCUT2D eigenvalue weighted by atomic mass is 16.5. The maximum absolute atomic E-state index is 12.0. The van der Waals surface area contributed by atoms with Gasteiger partial charge in [-0.1, -0.05) is 6.07 Å². The first-order chi connectivity index (χ1) is 15.6. The molecule has 1 saturated heterocycles. The van der Waals surface area contributed by atoms with Crippen molar-refractivity contribution in [3.63, 3.8) is 0 Å². The first-order valence-corrected chi connectivity index (χ1v) is 10.4. The van der Waals surface area contributed by atoms with Gasteiger partial charge >= 0.3 is 0 Å². The van der Waals surface area contributed by atoms with Crippen molar-refractivity contribution in [2.45, 2.75) is 19.1 Å². The van der Waals surface area contributed by atoms with E-state index in [2.05, 4.69) is 25.7 Å². The van der Waals surface area contributed by atoms with Crippen LogP contribution < -0.4 is 15.4 Å². The molecule has 2 N–H and O–H groups in total. The Balaban J connectivity index is 1.41. The lowest BCUT2D eigenvalue weighted by atomic mass is 10.1. The smallest absolute Gasteiger partial charge is 0.251 e. The highest BCUT2D eigenvalue weighted by molar-refractivity contribution is 5.99. The fraction of sp³-hybridized carbons (Fsp3) is 0.273. The fourth-order valence-electron chi connectivity index (χ4n) is 4.08. The summed E-state index contributed by atoms with van der Waals surface area (Å²) in [6.07, 6.45) is 6.37. The molecule has 162 valence electrons. The van der Waals surface area contributed by atoms with Crippen LogP contribution in [-0.2, 0) is 18.3 Å². The minimum atomic E-state index is -0.0705. The zero-order chi connectivity index (χ0) is 21.7. The minimum Gasteiger partial charge on any atom is -0.470 e. The second kappa shape index (κ2) is 7.34. The van der Waals surface area contributed by atoms with E-state index in [1.807, 2.05) is 48.3 Å². The van der Waals surface area contributed by atoms with Crippen molar-refractivity contribution in [1.29, 1.82) is 0 Å². The third-order valence-corrected chi connectivity index (χ3v) is 5.69. The third-order valence-electron chi connectivity index (χ3n) is 5.69. The molecular weight excluding hydrogens is 410 g/mol. The Bertz CT molecular complexity index is 1340. The lowest BCUT2D eigenvalue weighted by Crippen LogP contribution is -2.17. The van der Waals surface area contributed by atoms with E-state index in [-0.39, 0.29) is 12.0 Å². The van der Waals surface area contributed by atoms with Crippen LogP contribution in [0, 0.1) is 0 Å². The van der Waals surface area contributed by atoms with Crippen molar-refractivity contribution in [3.05, 3.63) is 54.0 Å². The Hall–Kier alpha value is -3.92. The number of carbonyl (C=O) groups is 1. The number of anilines is 2. The van der Waals surface area contributed by atoms with Gasteiger partial charge in [-0.15, -0.1) is 0 Å². The molecule has 0 radical (unpaired) electrons. The average Bonchev–Trinajstić information content (AvgIpc) is 3.57. The van der Waals surface area contributed by atoms with E-state index in [9.17, 15) is 4.79 Å². The normalized spacial score (nSPS) is 17.5. The molecule has 0 unspecified atom stereocenters. The molecule has 4 aromatic rings. The summed E-state index contributed by atoms with van der Waals surface area (Å²) < 4.78 is 15.4. The lowest BCUT2D eigenvalue weighted by molar-refractivity contribution is 0.0965. The lowest BCUT2D eigenvalue weighted by Gasteiger charge is -2.15. The summed E-state index contributed by atoms with van der Waals surface area (Å²) in [5, 5.41) is 10.3. The summed E-state index contributed by atoms with van der Waals surface area (Å²) in [7, 11) is 1.87. The summed E-state index contributed by atoms with van der Waals surface area (Å²) in [5.41, 5.74) is 4.78.